The van der Waals surface area contributed by atoms with Gasteiger partial charge in [0.25, 0.3) is 0 Å². The SMILES string of the molecule is COCCCOP(C)(=O)O. The van der Waals surface area contributed by atoms with Crippen LogP contribution in [-0.4, -0.2) is 31.9 Å². The van der Waals surface area contributed by atoms with E-state index in [1.807, 2.05) is 0 Å². The van der Waals surface area contributed by atoms with Crippen LogP contribution in [0.4, 0.5) is 0 Å². The summed E-state index contributed by atoms with van der Waals surface area (Å²) in [7, 11) is -1.69. The molecule has 0 spiro atoms. The second-order valence-corrected chi connectivity index (χ2v) is 3.85. The Balaban J connectivity index is 3.13. The number of methoxy groups -OCH3 is 1. The van der Waals surface area contributed by atoms with E-state index in [-0.39, 0.29) is 6.61 Å². The molecular weight excluding hydrogens is 155 g/mol. The molecule has 0 aliphatic rings. The van der Waals surface area contributed by atoms with Crippen molar-refractivity contribution in [2.24, 2.45) is 0 Å². The van der Waals surface area contributed by atoms with E-state index < -0.39 is 7.60 Å². The fourth-order valence-electron chi connectivity index (χ4n) is 0.437. The molecule has 62 valence electrons. The molecule has 0 rings (SSSR count). The minimum atomic E-state index is -3.26. The Morgan fingerprint density at radius 3 is 2.50 bits per heavy atom. The lowest BCUT2D eigenvalue weighted by atomic mass is 10.5. The zero-order chi connectivity index (χ0) is 8.04. The second-order valence-electron chi connectivity index (χ2n) is 1.98. The number of rotatable bonds is 5. The first-order valence-electron chi connectivity index (χ1n) is 3.00. The van der Waals surface area contributed by atoms with E-state index in [4.69, 9.17) is 9.63 Å². The molecule has 1 atom stereocenters. The van der Waals surface area contributed by atoms with Crippen molar-refractivity contribution in [3.8, 4) is 0 Å². The van der Waals surface area contributed by atoms with E-state index >= 15 is 0 Å². The van der Waals surface area contributed by atoms with Crippen molar-refractivity contribution in [3.63, 3.8) is 0 Å². The third kappa shape index (κ3) is 8.11. The van der Waals surface area contributed by atoms with Crippen molar-refractivity contribution in [2.45, 2.75) is 6.42 Å². The van der Waals surface area contributed by atoms with Crippen LogP contribution < -0.4 is 0 Å². The van der Waals surface area contributed by atoms with E-state index in [9.17, 15) is 4.57 Å². The smallest absolute Gasteiger partial charge is 0.325 e. The van der Waals surface area contributed by atoms with Crippen molar-refractivity contribution < 1.29 is 18.7 Å². The topological polar surface area (TPSA) is 55.8 Å². The zero-order valence-corrected chi connectivity index (χ0v) is 7.13. The van der Waals surface area contributed by atoms with Gasteiger partial charge >= 0.3 is 7.60 Å². The van der Waals surface area contributed by atoms with Crippen LogP contribution in [0.25, 0.3) is 0 Å². The van der Waals surface area contributed by atoms with Gasteiger partial charge in [0, 0.05) is 20.4 Å². The molecule has 0 aromatic carbocycles. The average molecular weight is 168 g/mol. The molecule has 0 radical (unpaired) electrons. The minimum Gasteiger partial charge on any atom is -0.385 e. The quantitative estimate of drug-likeness (QED) is 0.488. The van der Waals surface area contributed by atoms with Gasteiger partial charge < -0.3 is 14.2 Å². The predicted octanol–water partition coefficient (Wildman–Crippen LogP) is 0.855. The first kappa shape index (κ1) is 10.1. The van der Waals surface area contributed by atoms with Gasteiger partial charge in [-0.1, -0.05) is 0 Å². The molecule has 0 bridgehead atoms. The molecule has 0 aliphatic heterocycles. The van der Waals surface area contributed by atoms with Crippen LogP contribution in [0.3, 0.4) is 0 Å². The van der Waals surface area contributed by atoms with Gasteiger partial charge in [-0.15, -0.1) is 0 Å². The van der Waals surface area contributed by atoms with Gasteiger partial charge in [0.2, 0.25) is 0 Å². The lowest BCUT2D eigenvalue weighted by molar-refractivity contribution is 0.167. The van der Waals surface area contributed by atoms with Gasteiger partial charge in [0.1, 0.15) is 0 Å². The first-order valence-corrected chi connectivity index (χ1v) is 5.02. The van der Waals surface area contributed by atoms with Crippen LogP contribution in [0, 0.1) is 0 Å². The highest BCUT2D eigenvalue weighted by atomic mass is 31.2. The van der Waals surface area contributed by atoms with Gasteiger partial charge in [0.15, 0.2) is 0 Å². The molecule has 1 N–H and O–H groups in total. The Bertz CT molecular complexity index is 119. The van der Waals surface area contributed by atoms with Crippen LogP contribution in [0.5, 0.6) is 0 Å². The number of hydrogen-bond acceptors (Lipinski definition) is 3. The van der Waals surface area contributed by atoms with Gasteiger partial charge in [-0.25, -0.2) is 0 Å². The zero-order valence-electron chi connectivity index (χ0n) is 6.24. The molecule has 5 heteroatoms. The highest BCUT2D eigenvalue weighted by Crippen LogP contribution is 2.36. The maximum atomic E-state index is 10.5. The summed E-state index contributed by atoms with van der Waals surface area (Å²) in [5.41, 5.74) is 0. The normalized spacial score (nSPS) is 16.7. The monoisotopic (exact) mass is 168 g/mol. The van der Waals surface area contributed by atoms with E-state index in [2.05, 4.69) is 4.52 Å². The lowest BCUT2D eigenvalue weighted by Gasteiger charge is -2.05. The Kier molecular flexibility index (Phi) is 4.91. The van der Waals surface area contributed by atoms with E-state index in [1.165, 1.54) is 6.66 Å². The summed E-state index contributed by atoms with van der Waals surface area (Å²) in [6, 6.07) is 0. The predicted molar refractivity (Wildman–Crippen MR) is 38.2 cm³/mol. The van der Waals surface area contributed by atoms with Crippen LogP contribution in [-0.2, 0) is 13.8 Å². The standard InChI is InChI=1S/C5H13O4P/c1-8-4-3-5-9-10(2,6)7/h3-5H2,1-2H3,(H,6,7). The molecule has 0 aromatic rings. The molecule has 0 aromatic heterocycles. The van der Waals surface area contributed by atoms with Gasteiger partial charge in [0.05, 0.1) is 6.61 Å². The van der Waals surface area contributed by atoms with Crippen LogP contribution in [0.1, 0.15) is 6.42 Å². The van der Waals surface area contributed by atoms with Crippen molar-refractivity contribution >= 4 is 7.60 Å². The summed E-state index contributed by atoms with van der Waals surface area (Å²) in [5.74, 6) is 0. The van der Waals surface area contributed by atoms with Crippen molar-refractivity contribution in [2.75, 3.05) is 27.0 Å². The van der Waals surface area contributed by atoms with Crippen LogP contribution in [0.15, 0.2) is 0 Å². The molecule has 0 saturated heterocycles. The van der Waals surface area contributed by atoms with E-state index in [0.29, 0.717) is 13.0 Å². The Morgan fingerprint density at radius 2 is 2.10 bits per heavy atom. The van der Waals surface area contributed by atoms with E-state index in [1.54, 1.807) is 7.11 Å². The molecule has 0 amide bonds. The molecule has 4 nitrogen and oxygen atoms in total. The Labute approximate surface area is 60.7 Å². The molecule has 10 heavy (non-hydrogen) atoms. The lowest BCUT2D eigenvalue weighted by Crippen LogP contribution is -1.96. The van der Waals surface area contributed by atoms with Crippen LogP contribution >= 0.6 is 7.60 Å². The van der Waals surface area contributed by atoms with Crippen molar-refractivity contribution in [1.29, 1.82) is 0 Å². The third-order valence-electron chi connectivity index (χ3n) is 0.824. The minimum absolute atomic E-state index is 0.276. The average Bonchev–Trinajstić information content (AvgIpc) is 1.78. The van der Waals surface area contributed by atoms with Crippen molar-refractivity contribution in [3.05, 3.63) is 0 Å². The van der Waals surface area contributed by atoms with Gasteiger partial charge in [-0.05, 0) is 6.42 Å². The fourth-order valence-corrected chi connectivity index (χ4v) is 0.905. The molecule has 0 heterocycles. The summed E-state index contributed by atoms with van der Waals surface area (Å²) in [6.07, 6.45) is 0.648. The summed E-state index contributed by atoms with van der Waals surface area (Å²) < 4.78 is 19.7. The molecule has 1 unspecified atom stereocenters. The Morgan fingerprint density at radius 1 is 1.50 bits per heavy atom. The van der Waals surface area contributed by atoms with E-state index in [0.717, 1.165) is 0 Å². The largest absolute Gasteiger partial charge is 0.385 e. The second kappa shape index (κ2) is 4.85. The number of hydrogen-bond donors (Lipinski definition) is 1. The molecule has 0 fully saturated rings. The Hall–Kier alpha value is 0.110. The number of ether oxygens (including phenoxy) is 1. The first-order chi connectivity index (χ1) is 4.56. The molecular formula is C5H13O4P. The maximum absolute atomic E-state index is 10.5. The summed E-state index contributed by atoms with van der Waals surface area (Å²) in [6.45, 7) is 2.00. The molecule has 0 aliphatic carbocycles. The summed E-state index contributed by atoms with van der Waals surface area (Å²) in [4.78, 5) is 8.61. The molecule has 0 saturated carbocycles. The highest BCUT2D eigenvalue weighted by Gasteiger charge is 2.07. The van der Waals surface area contributed by atoms with Gasteiger partial charge in [-0.2, -0.15) is 0 Å². The van der Waals surface area contributed by atoms with Crippen LogP contribution in [0.2, 0.25) is 0 Å². The fraction of sp³-hybridized carbons (Fsp3) is 1.00. The van der Waals surface area contributed by atoms with Crippen molar-refractivity contribution in [1.82, 2.24) is 0 Å². The summed E-state index contributed by atoms with van der Waals surface area (Å²) >= 11 is 0. The van der Waals surface area contributed by atoms with Gasteiger partial charge in [-0.3, -0.25) is 4.57 Å². The third-order valence-corrected chi connectivity index (χ3v) is 1.49. The highest BCUT2D eigenvalue weighted by molar-refractivity contribution is 7.51. The summed E-state index contributed by atoms with van der Waals surface area (Å²) in [5, 5.41) is 0. The maximum Gasteiger partial charge on any atom is 0.325 e.